The zero-order valence-corrected chi connectivity index (χ0v) is 12.2. The fourth-order valence-corrected chi connectivity index (χ4v) is 2.67. The molecule has 0 N–H and O–H groups in total. The molecular weight excluding hydrogens is 334 g/mol. The Balaban J connectivity index is 2.98. The first kappa shape index (κ1) is 13.5. The molecule has 1 aromatic carbocycles. The summed E-state index contributed by atoms with van der Waals surface area (Å²) in [5, 5.41) is 0. The second kappa shape index (κ2) is 6.21. The third-order valence-electron chi connectivity index (χ3n) is 2.13. The zero-order valence-electron chi connectivity index (χ0n) is 9.04. The number of carbonyl (C=O) groups is 1. The summed E-state index contributed by atoms with van der Waals surface area (Å²) in [5.74, 6) is 0.0180. The highest BCUT2D eigenvalue weighted by Crippen LogP contribution is 2.21. The Kier molecular flexibility index (Phi) is 5.22. The molecule has 16 heavy (non-hydrogen) atoms. The van der Waals surface area contributed by atoms with Crippen molar-refractivity contribution < 1.29 is 4.79 Å². The minimum absolute atomic E-state index is 0.0180. The highest BCUT2D eigenvalue weighted by molar-refractivity contribution is 9.11. The predicted molar refractivity (Wildman–Crippen MR) is 73.6 cm³/mol. The fourth-order valence-electron chi connectivity index (χ4n) is 1.37. The Labute approximate surface area is 113 Å². The molecular formula is C12H13Br2NO. The summed E-state index contributed by atoms with van der Waals surface area (Å²) in [4.78, 5) is 13.8. The first-order valence-corrected chi connectivity index (χ1v) is 6.53. The van der Waals surface area contributed by atoms with Crippen LogP contribution in [-0.4, -0.2) is 23.9 Å². The van der Waals surface area contributed by atoms with E-state index >= 15 is 0 Å². The lowest BCUT2D eigenvalue weighted by Gasteiger charge is -2.19. The second-order valence-electron chi connectivity index (χ2n) is 3.29. The standard InChI is InChI=1S/C12H13Br2NO/c1-3-5-15(4-2)12(16)9-6-10(13)8-11(14)7-9/h3,6-8H,1,4-5H2,2H3. The highest BCUT2D eigenvalue weighted by atomic mass is 79.9. The molecule has 1 rings (SSSR count). The van der Waals surface area contributed by atoms with Gasteiger partial charge in [-0.2, -0.15) is 0 Å². The van der Waals surface area contributed by atoms with Gasteiger partial charge in [-0.05, 0) is 25.1 Å². The number of carbonyl (C=O) groups excluding carboxylic acids is 1. The van der Waals surface area contributed by atoms with Gasteiger partial charge in [0, 0.05) is 27.6 Å². The van der Waals surface area contributed by atoms with Crippen molar-refractivity contribution in [2.24, 2.45) is 0 Å². The van der Waals surface area contributed by atoms with Crippen molar-refractivity contribution in [2.75, 3.05) is 13.1 Å². The molecule has 4 heteroatoms. The van der Waals surface area contributed by atoms with E-state index in [9.17, 15) is 4.79 Å². The Morgan fingerprint density at radius 1 is 1.38 bits per heavy atom. The quantitative estimate of drug-likeness (QED) is 0.758. The number of hydrogen-bond donors (Lipinski definition) is 0. The van der Waals surface area contributed by atoms with E-state index in [0.29, 0.717) is 18.7 Å². The van der Waals surface area contributed by atoms with Crippen molar-refractivity contribution >= 4 is 37.8 Å². The van der Waals surface area contributed by atoms with Gasteiger partial charge < -0.3 is 4.90 Å². The average Bonchev–Trinajstić information content (AvgIpc) is 2.23. The minimum Gasteiger partial charge on any atom is -0.335 e. The van der Waals surface area contributed by atoms with Gasteiger partial charge in [0.05, 0.1) is 0 Å². The van der Waals surface area contributed by atoms with Crippen molar-refractivity contribution in [1.82, 2.24) is 4.90 Å². The average molecular weight is 347 g/mol. The molecule has 0 spiro atoms. The van der Waals surface area contributed by atoms with Gasteiger partial charge in [0.15, 0.2) is 0 Å². The van der Waals surface area contributed by atoms with Gasteiger partial charge in [-0.25, -0.2) is 0 Å². The Morgan fingerprint density at radius 3 is 2.38 bits per heavy atom. The van der Waals surface area contributed by atoms with E-state index in [2.05, 4.69) is 38.4 Å². The van der Waals surface area contributed by atoms with Gasteiger partial charge in [0.25, 0.3) is 5.91 Å². The molecule has 0 unspecified atom stereocenters. The molecule has 0 aliphatic rings. The zero-order chi connectivity index (χ0) is 12.1. The van der Waals surface area contributed by atoms with Gasteiger partial charge in [-0.3, -0.25) is 4.79 Å². The molecule has 0 bridgehead atoms. The summed E-state index contributed by atoms with van der Waals surface area (Å²) in [6.45, 7) is 6.84. The molecule has 0 saturated carbocycles. The van der Waals surface area contributed by atoms with E-state index < -0.39 is 0 Å². The van der Waals surface area contributed by atoms with E-state index in [0.717, 1.165) is 8.95 Å². The SMILES string of the molecule is C=CCN(CC)C(=O)c1cc(Br)cc(Br)c1. The van der Waals surface area contributed by atoms with Crippen molar-refractivity contribution in [1.29, 1.82) is 0 Å². The summed E-state index contributed by atoms with van der Waals surface area (Å²) in [6.07, 6.45) is 1.73. The number of amides is 1. The van der Waals surface area contributed by atoms with Gasteiger partial charge in [-0.15, -0.1) is 6.58 Å². The third-order valence-corrected chi connectivity index (χ3v) is 3.04. The van der Waals surface area contributed by atoms with E-state index in [4.69, 9.17) is 0 Å². The van der Waals surface area contributed by atoms with Gasteiger partial charge >= 0.3 is 0 Å². The third kappa shape index (κ3) is 3.46. The number of likely N-dealkylation sites (N-methyl/N-ethyl adjacent to an activating group) is 1. The van der Waals surface area contributed by atoms with Crippen molar-refractivity contribution in [3.8, 4) is 0 Å². The van der Waals surface area contributed by atoms with Crippen LogP contribution >= 0.6 is 31.9 Å². The fraction of sp³-hybridized carbons (Fsp3) is 0.250. The minimum atomic E-state index is 0.0180. The smallest absolute Gasteiger partial charge is 0.254 e. The highest BCUT2D eigenvalue weighted by Gasteiger charge is 2.13. The number of halogens is 2. The number of rotatable bonds is 4. The van der Waals surface area contributed by atoms with Crippen LogP contribution in [0.25, 0.3) is 0 Å². The molecule has 0 radical (unpaired) electrons. The monoisotopic (exact) mass is 345 g/mol. The van der Waals surface area contributed by atoms with Crippen LogP contribution < -0.4 is 0 Å². The molecule has 2 nitrogen and oxygen atoms in total. The predicted octanol–water partition coefficient (Wildman–Crippen LogP) is 3.86. The summed E-state index contributed by atoms with van der Waals surface area (Å²) < 4.78 is 1.78. The van der Waals surface area contributed by atoms with Crippen LogP contribution in [0.5, 0.6) is 0 Å². The Morgan fingerprint density at radius 2 is 1.94 bits per heavy atom. The van der Waals surface area contributed by atoms with Gasteiger partial charge in [-0.1, -0.05) is 37.9 Å². The first-order valence-electron chi connectivity index (χ1n) is 4.94. The lowest BCUT2D eigenvalue weighted by molar-refractivity contribution is 0.0782. The number of benzene rings is 1. The largest absolute Gasteiger partial charge is 0.335 e. The summed E-state index contributed by atoms with van der Waals surface area (Å²) in [6, 6.07) is 5.54. The molecule has 0 aliphatic carbocycles. The van der Waals surface area contributed by atoms with Crippen LogP contribution in [-0.2, 0) is 0 Å². The first-order chi connectivity index (χ1) is 7.58. The van der Waals surface area contributed by atoms with Crippen LogP contribution in [0, 0.1) is 0 Å². The van der Waals surface area contributed by atoms with Gasteiger partial charge in [0.1, 0.15) is 0 Å². The number of hydrogen-bond acceptors (Lipinski definition) is 1. The normalized spacial score (nSPS) is 9.94. The van der Waals surface area contributed by atoms with E-state index in [1.54, 1.807) is 11.0 Å². The maximum Gasteiger partial charge on any atom is 0.254 e. The lowest BCUT2D eigenvalue weighted by atomic mass is 10.2. The molecule has 0 atom stereocenters. The van der Waals surface area contributed by atoms with E-state index in [1.807, 2.05) is 25.1 Å². The molecule has 0 aromatic heterocycles. The maximum absolute atomic E-state index is 12.1. The number of nitrogens with zero attached hydrogens (tertiary/aromatic N) is 1. The Hall–Kier alpha value is -0.610. The molecule has 0 saturated heterocycles. The molecule has 1 amide bonds. The van der Waals surface area contributed by atoms with Crippen LogP contribution in [0.1, 0.15) is 17.3 Å². The van der Waals surface area contributed by atoms with Crippen molar-refractivity contribution in [3.63, 3.8) is 0 Å². The Bertz CT molecular complexity index is 384. The summed E-state index contributed by atoms with van der Waals surface area (Å²) in [5.41, 5.74) is 0.671. The van der Waals surface area contributed by atoms with Crippen molar-refractivity contribution in [2.45, 2.75) is 6.92 Å². The molecule has 0 fully saturated rings. The molecule has 0 heterocycles. The van der Waals surface area contributed by atoms with Crippen LogP contribution in [0.3, 0.4) is 0 Å². The van der Waals surface area contributed by atoms with Crippen molar-refractivity contribution in [3.05, 3.63) is 45.4 Å². The second-order valence-corrected chi connectivity index (χ2v) is 5.12. The lowest BCUT2D eigenvalue weighted by Crippen LogP contribution is -2.30. The molecule has 86 valence electrons. The van der Waals surface area contributed by atoms with E-state index in [1.165, 1.54) is 0 Å². The molecule has 0 aliphatic heterocycles. The van der Waals surface area contributed by atoms with Crippen LogP contribution in [0.2, 0.25) is 0 Å². The van der Waals surface area contributed by atoms with Gasteiger partial charge in [0.2, 0.25) is 0 Å². The topological polar surface area (TPSA) is 20.3 Å². The van der Waals surface area contributed by atoms with Crippen LogP contribution in [0.4, 0.5) is 0 Å². The molecule has 1 aromatic rings. The summed E-state index contributed by atoms with van der Waals surface area (Å²) in [7, 11) is 0. The van der Waals surface area contributed by atoms with E-state index in [-0.39, 0.29) is 5.91 Å². The van der Waals surface area contributed by atoms with Crippen LogP contribution in [0.15, 0.2) is 39.8 Å². The summed E-state index contributed by atoms with van der Waals surface area (Å²) >= 11 is 6.74. The maximum atomic E-state index is 12.1.